The molecular formula is C32H46O2. The van der Waals surface area contributed by atoms with Crippen molar-refractivity contribution in [2.24, 2.45) is 17.8 Å². The van der Waals surface area contributed by atoms with Gasteiger partial charge in [-0.2, -0.15) is 0 Å². The summed E-state index contributed by atoms with van der Waals surface area (Å²) in [5.41, 5.74) is 1.98. The predicted octanol–water partition coefficient (Wildman–Crippen LogP) is 8.69. The Balaban J connectivity index is 1.33. The second-order valence-corrected chi connectivity index (χ2v) is 10.6. The highest BCUT2D eigenvalue weighted by atomic mass is 16.5. The molecule has 0 aromatic heterocycles. The summed E-state index contributed by atoms with van der Waals surface area (Å²) in [7, 11) is 0. The quantitative estimate of drug-likeness (QED) is 0.197. The van der Waals surface area contributed by atoms with Crippen molar-refractivity contribution in [1.29, 1.82) is 0 Å². The van der Waals surface area contributed by atoms with E-state index in [1.165, 1.54) is 69.8 Å². The van der Waals surface area contributed by atoms with Gasteiger partial charge in [0.25, 0.3) is 0 Å². The summed E-state index contributed by atoms with van der Waals surface area (Å²) in [6, 6.07) is 7.99. The highest BCUT2D eigenvalue weighted by molar-refractivity contribution is 5.89. The first-order valence-corrected chi connectivity index (χ1v) is 14.2. The molecule has 0 unspecified atom stereocenters. The van der Waals surface area contributed by atoms with Crippen LogP contribution in [-0.2, 0) is 11.2 Å². The maximum Gasteiger partial charge on any atom is 0.338 e. The van der Waals surface area contributed by atoms with E-state index in [2.05, 4.69) is 50.0 Å². The predicted molar refractivity (Wildman–Crippen MR) is 143 cm³/mol. The molecule has 2 fully saturated rings. The van der Waals surface area contributed by atoms with Crippen molar-refractivity contribution in [2.75, 3.05) is 0 Å². The molecule has 0 N–H and O–H groups in total. The lowest BCUT2D eigenvalue weighted by molar-refractivity contribution is 0.0188. The lowest BCUT2D eigenvalue weighted by atomic mass is 9.80. The Morgan fingerprint density at radius 3 is 2.29 bits per heavy atom. The van der Waals surface area contributed by atoms with Gasteiger partial charge in [-0.3, -0.25) is 0 Å². The summed E-state index contributed by atoms with van der Waals surface area (Å²) in [5, 5.41) is 0. The van der Waals surface area contributed by atoms with Crippen LogP contribution in [0.4, 0.5) is 0 Å². The van der Waals surface area contributed by atoms with Gasteiger partial charge in [0, 0.05) is 5.92 Å². The second-order valence-electron chi connectivity index (χ2n) is 10.6. The Labute approximate surface area is 208 Å². The molecule has 0 radical (unpaired) electrons. The minimum atomic E-state index is -0.179. The van der Waals surface area contributed by atoms with Gasteiger partial charge >= 0.3 is 5.97 Å². The molecule has 0 amide bonds. The molecule has 2 nitrogen and oxygen atoms in total. The van der Waals surface area contributed by atoms with E-state index in [-0.39, 0.29) is 12.1 Å². The Kier molecular flexibility index (Phi) is 11.8. The number of hydrogen-bond acceptors (Lipinski definition) is 2. The van der Waals surface area contributed by atoms with Crippen LogP contribution in [0.5, 0.6) is 0 Å². The SMILES string of the molecule is CCCCCc1ccc(C(=O)OC2CCC(C#CC=CC3CCC(CCCC)CC3)CC2)cc1. The number of hydrogen-bond donors (Lipinski definition) is 0. The fourth-order valence-corrected chi connectivity index (χ4v) is 5.44. The molecular weight excluding hydrogens is 416 g/mol. The highest BCUT2D eigenvalue weighted by Crippen LogP contribution is 2.32. The molecule has 0 bridgehead atoms. The first kappa shape index (κ1) is 26.6. The molecule has 1 aromatic rings. The number of rotatable bonds is 10. The van der Waals surface area contributed by atoms with E-state index in [4.69, 9.17) is 4.74 Å². The van der Waals surface area contributed by atoms with Gasteiger partial charge in [0.15, 0.2) is 0 Å². The Hall–Kier alpha value is -2.01. The second kappa shape index (κ2) is 15.1. The average molecular weight is 463 g/mol. The molecule has 186 valence electrons. The lowest BCUT2D eigenvalue weighted by Gasteiger charge is -2.26. The van der Waals surface area contributed by atoms with Crippen molar-refractivity contribution in [3.05, 3.63) is 47.5 Å². The van der Waals surface area contributed by atoms with Gasteiger partial charge in [0.2, 0.25) is 0 Å². The summed E-state index contributed by atoms with van der Waals surface area (Å²) in [4.78, 5) is 12.5. The molecule has 0 saturated heterocycles. The Bertz CT molecular complexity index is 794. The summed E-state index contributed by atoms with van der Waals surface area (Å²) in [6.45, 7) is 4.51. The smallest absolute Gasteiger partial charge is 0.338 e. The molecule has 2 aliphatic carbocycles. The molecule has 0 aliphatic heterocycles. The zero-order chi connectivity index (χ0) is 24.0. The van der Waals surface area contributed by atoms with Crippen LogP contribution in [0.1, 0.15) is 120 Å². The van der Waals surface area contributed by atoms with Crippen LogP contribution in [0.15, 0.2) is 36.4 Å². The van der Waals surface area contributed by atoms with Gasteiger partial charge in [0.1, 0.15) is 6.10 Å². The van der Waals surface area contributed by atoms with Crippen LogP contribution in [0.25, 0.3) is 0 Å². The van der Waals surface area contributed by atoms with Gasteiger partial charge in [-0.15, -0.1) is 0 Å². The van der Waals surface area contributed by atoms with Crippen molar-refractivity contribution < 1.29 is 9.53 Å². The normalized spacial score (nSPS) is 25.0. The molecule has 0 heterocycles. The van der Waals surface area contributed by atoms with Crippen LogP contribution in [0, 0.1) is 29.6 Å². The third-order valence-corrected chi connectivity index (χ3v) is 7.80. The van der Waals surface area contributed by atoms with E-state index in [1.807, 2.05) is 12.1 Å². The number of unbranched alkanes of at least 4 members (excludes halogenated alkanes) is 3. The molecule has 0 spiro atoms. The van der Waals surface area contributed by atoms with Gasteiger partial charge in [-0.25, -0.2) is 4.79 Å². The van der Waals surface area contributed by atoms with E-state index in [0.717, 1.165) is 43.9 Å². The summed E-state index contributed by atoms with van der Waals surface area (Å²) < 4.78 is 5.80. The lowest BCUT2D eigenvalue weighted by Crippen LogP contribution is -2.24. The first-order valence-electron chi connectivity index (χ1n) is 14.2. The molecule has 34 heavy (non-hydrogen) atoms. The fourth-order valence-electron chi connectivity index (χ4n) is 5.44. The Morgan fingerprint density at radius 1 is 0.912 bits per heavy atom. The maximum absolute atomic E-state index is 12.5. The number of carbonyl (C=O) groups excluding carboxylic acids is 1. The average Bonchev–Trinajstić information content (AvgIpc) is 2.87. The van der Waals surface area contributed by atoms with Crippen molar-refractivity contribution >= 4 is 5.97 Å². The zero-order valence-corrected chi connectivity index (χ0v) is 21.7. The molecule has 2 heteroatoms. The van der Waals surface area contributed by atoms with Gasteiger partial charge in [-0.1, -0.05) is 76.0 Å². The van der Waals surface area contributed by atoms with Gasteiger partial charge in [0.05, 0.1) is 5.56 Å². The number of esters is 1. The van der Waals surface area contributed by atoms with Crippen LogP contribution in [-0.4, -0.2) is 12.1 Å². The van der Waals surface area contributed by atoms with Crippen molar-refractivity contribution in [3.63, 3.8) is 0 Å². The number of carbonyl (C=O) groups is 1. The third kappa shape index (κ3) is 9.32. The Morgan fingerprint density at radius 2 is 1.62 bits per heavy atom. The topological polar surface area (TPSA) is 26.3 Å². The van der Waals surface area contributed by atoms with E-state index in [1.54, 1.807) is 0 Å². The summed E-state index contributed by atoms with van der Waals surface area (Å²) in [5.74, 6) is 8.72. The van der Waals surface area contributed by atoms with Gasteiger partial charge in [-0.05, 0) is 99.8 Å². The van der Waals surface area contributed by atoms with Crippen LogP contribution in [0.2, 0.25) is 0 Å². The van der Waals surface area contributed by atoms with E-state index < -0.39 is 0 Å². The minimum Gasteiger partial charge on any atom is -0.459 e. The highest BCUT2D eigenvalue weighted by Gasteiger charge is 2.23. The fraction of sp³-hybridized carbons (Fsp3) is 0.656. The minimum absolute atomic E-state index is 0.0354. The number of aryl methyl sites for hydroxylation is 1. The van der Waals surface area contributed by atoms with E-state index in [9.17, 15) is 4.79 Å². The molecule has 1 aromatic carbocycles. The molecule has 2 aliphatic rings. The molecule has 2 saturated carbocycles. The largest absolute Gasteiger partial charge is 0.459 e. The van der Waals surface area contributed by atoms with Crippen molar-refractivity contribution in [2.45, 2.75) is 116 Å². The standard InChI is InChI=1S/C32H46O2/c1-3-5-7-11-28-18-22-30(23-19-28)32(33)34-31-24-20-29(21-25-31)13-9-8-12-27-16-14-26(15-17-27)10-6-4-2/h8,12,18-19,22-23,26-27,29,31H,3-7,10-11,14-17,20-21,24-25H2,1-2H3. The van der Waals surface area contributed by atoms with Gasteiger partial charge < -0.3 is 4.74 Å². The number of allylic oxidation sites excluding steroid dienone is 2. The number of benzene rings is 1. The van der Waals surface area contributed by atoms with E-state index >= 15 is 0 Å². The van der Waals surface area contributed by atoms with Crippen LogP contribution in [0.3, 0.4) is 0 Å². The maximum atomic E-state index is 12.5. The van der Waals surface area contributed by atoms with Crippen LogP contribution >= 0.6 is 0 Å². The molecule has 3 rings (SSSR count). The summed E-state index contributed by atoms with van der Waals surface area (Å²) in [6.07, 6.45) is 22.8. The molecule has 0 atom stereocenters. The van der Waals surface area contributed by atoms with Crippen molar-refractivity contribution in [1.82, 2.24) is 0 Å². The first-order chi connectivity index (χ1) is 16.7. The zero-order valence-electron chi connectivity index (χ0n) is 21.7. The number of ether oxygens (including phenoxy) is 1. The van der Waals surface area contributed by atoms with Crippen molar-refractivity contribution in [3.8, 4) is 11.8 Å². The monoisotopic (exact) mass is 462 g/mol. The van der Waals surface area contributed by atoms with Crippen LogP contribution < -0.4 is 0 Å². The third-order valence-electron chi connectivity index (χ3n) is 7.80. The summed E-state index contributed by atoms with van der Waals surface area (Å²) >= 11 is 0. The van der Waals surface area contributed by atoms with E-state index in [0.29, 0.717) is 11.5 Å².